The van der Waals surface area contributed by atoms with Crippen molar-refractivity contribution in [1.82, 2.24) is 5.43 Å². The van der Waals surface area contributed by atoms with E-state index in [4.69, 9.17) is 30.5 Å². The molecule has 9 heteroatoms. The molecule has 0 atom stereocenters. The van der Waals surface area contributed by atoms with Crippen LogP contribution in [0, 0.1) is 0 Å². The van der Waals surface area contributed by atoms with Crippen molar-refractivity contribution < 1.29 is 23.7 Å². The number of benzene rings is 3. The number of nitrogens with one attached hydrogen (secondary N) is 1. The van der Waals surface area contributed by atoms with Crippen LogP contribution >= 0.6 is 27.5 Å². The monoisotopic (exact) mass is 574 g/mol. The third-order valence-corrected chi connectivity index (χ3v) is 5.62. The quantitative estimate of drug-likeness (QED) is 0.193. The number of hydrogen-bond donors (Lipinski definition) is 1. The summed E-state index contributed by atoms with van der Waals surface area (Å²) in [6, 6.07) is 16.3. The van der Waals surface area contributed by atoms with Gasteiger partial charge in [0.2, 0.25) is 0 Å². The molecular weight excluding hydrogens is 548 g/mol. The van der Waals surface area contributed by atoms with Gasteiger partial charge in [0.15, 0.2) is 23.0 Å². The first kappa shape index (κ1) is 27.4. The average molecular weight is 576 g/mol. The second-order valence-corrected chi connectivity index (χ2v) is 8.73. The summed E-state index contributed by atoms with van der Waals surface area (Å²) < 4.78 is 23.8. The van der Waals surface area contributed by atoms with Crippen molar-refractivity contribution in [3.63, 3.8) is 0 Å². The molecular formula is C27H28BrClN2O5. The highest BCUT2D eigenvalue weighted by Gasteiger charge is 2.14. The average Bonchev–Trinajstić information content (AvgIpc) is 2.86. The highest BCUT2D eigenvalue weighted by molar-refractivity contribution is 9.10. The fourth-order valence-electron chi connectivity index (χ4n) is 3.22. The molecule has 0 aromatic heterocycles. The van der Waals surface area contributed by atoms with E-state index in [2.05, 4.69) is 26.5 Å². The molecule has 0 bridgehead atoms. The van der Waals surface area contributed by atoms with Crippen molar-refractivity contribution >= 4 is 39.7 Å². The molecule has 0 fully saturated rings. The summed E-state index contributed by atoms with van der Waals surface area (Å²) >= 11 is 9.92. The number of ether oxygens (including phenoxy) is 4. The zero-order chi connectivity index (χ0) is 25.9. The Morgan fingerprint density at radius 3 is 2.25 bits per heavy atom. The molecule has 36 heavy (non-hydrogen) atoms. The van der Waals surface area contributed by atoms with Crippen molar-refractivity contribution in [1.29, 1.82) is 0 Å². The van der Waals surface area contributed by atoms with E-state index in [1.165, 1.54) is 6.21 Å². The lowest BCUT2D eigenvalue weighted by Gasteiger charge is -2.14. The van der Waals surface area contributed by atoms with Gasteiger partial charge in [-0.1, -0.05) is 39.7 Å². The largest absolute Gasteiger partial charge is 0.490 e. The van der Waals surface area contributed by atoms with Crippen molar-refractivity contribution in [2.45, 2.75) is 27.4 Å². The van der Waals surface area contributed by atoms with Crippen molar-refractivity contribution in [3.05, 3.63) is 80.8 Å². The number of carbonyl (C=O) groups is 1. The summed E-state index contributed by atoms with van der Waals surface area (Å²) in [4.78, 5) is 12.6. The minimum Gasteiger partial charge on any atom is -0.490 e. The molecule has 3 aromatic carbocycles. The number of amides is 1. The van der Waals surface area contributed by atoms with Gasteiger partial charge in [0.1, 0.15) is 6.61 Å². The van der Waals surface area contributed by atoms with Gasteiger partial charge in [-0.3, -0.25) is 4.79 Å². The fourth-order valence-corrected chi connectivity index (χ4v) is 3.76. The molecule has 3 aromatic rings. The van der Waals surface area contributed by atoms with E-state index in [1.807, 2.05) is 45.0 Å². The van der Waals surface area contributed by atoms with Gasteiger partial charge in [-0.05, 0) is 74.4 Å². The normalized spacial score (nSPS) is 10.8. The summed E-state index contributed by atoms with van der Waals surface area (Å²) in [5, 5.41) is 4.44. The molecule has 0 saturated carbocycles. The molecule has 1 amide bonds. The molecule has 0 spiro atoms. The Labute approximate surface area is 224 Å². The predicted octanol–water partition coefficient (Wildman–Crippen LogP) is 6.64. The minimum atomic E-state index is -0.388. The van der Waals surface area contributed by atoms with E-state index >= 15 is 0 Å². The Morgan fingerprint density at radius 2 is 1.56 bits per heavy atom. The highest BCUT2D eigenvalue weighted by Crippen LogP contribution is 2.37. The van der Waals surface area contributed by atoms with Crippen LogP contribution in [0.2, 0.25) is 5.02 Å². The molecule has 7 nitrogen and oxygen atoms in total. The summed E-state index contributed by atoms with van der Waals surface area (Å²) in [6.07, 6.45) is 1.49. The highest BCUT2D eigenvalue weighted by atomic mass is 79.9. The molecule has 0 unspecified atom stereocenters. The number of carbonyl (C=O) groups excluding carboxylic acids is 1. The Kier molecular flexibility index (Phi) is 10.5. The molecule has 190 valence electrons. The van der Waals surface area contributed by atoms with E-state index in [0.717, 1.165) is 10.0 Å². The van der Waals surface area contributed by atoms with Crippen LogP contribution in [0.1, 0.15) is 42.3 Å². The molecule has 0 heterocycles. The van der Waals surface area contributed by atoms with Crippen LogP contribution < -0.4 is 24.4 Å². The smallest absolute Gasteiger partial charge is 0.271 e. The maximum atomic E-state index is 12.6. The van der Waals surface area contributed by atoms with Crippen LogP contribution in [0.15, 0.2) is 64.2 Å². The van der Waals surface area contributed by atoms with Crippen LogP contribution in [0.3, 0.4) is 0 Å². The molecule has 0 aliphatic heterocycles. The third-order valence-electron chi connectivity index (χ3n) is 4.81. The number of halogens is 2. The first-order valence-corrected chi connectivity index (χ1v) is 12.7. The SMILES string of the molecule is CCOc1ccc(C(=O)N/N=C/c2cc(Cl)c(OCc3ccc(Br)cc3)c(OCC)c2)cc1OCC. The number of hydrazone groups is 1. The minimum absolute atomic E-state index is 0.336. The van der Waals surface area contributed by atoms with Crippen molar-refractivity contribution in [2.75, 3.05) is 19.8 Å². The van der Waals surface area contributed by atoms with E-state index in [0.29, 0.717) is 65.6 Å². The van der Waals surface area contributed by atoms with E-state index in [9.17, 15) is 4.79 Å². The molecule has 0 aliphatic carbocycles. The standard InChI is InChI=1S/C27H28BrClN2O5/c1-4-33-23-12-9-20(15-24(23)34-5-2)27(32)31-30-16-19-13-22(29)26(25(14-19)35-6-3)36-17-18-7-10-21(28)11-8-18/h7-16H,4-6,17H2,1-3H3,(H,31,32)/b30-16+. The molecule has 0 radical (unpaired) electrons. The molecule has 3 rings (SSSR count). The van der Waals surface area contributed by atoms with Gasteiger partial charge < -0.3 is 18.9 Å². The van der Waals surface area contributed by atoms with Gasteiger partial charge in [0.05, 0.1) is 31.1 Å². The van der Waals surface area contributed by atoms with Crippen LogP contribution in [0.5, 0.6) is 23.0 Å². The van der Waals surface area contributed by atoms with Crippen LogP contribution in [0.4, 0.5) is 0 Å². The zero-order valence-corrected chi connectivity index (χ0v) is 22.7. The maximum absolute atomic E-state index is 12.6. The lowest BCUT2D eigenvalue weighted by molar-refractivity contribution is 0.0954. The second kappa shape index (κ2) is 13.8. The molecule has 0 aliphatic rings. The van der Waals surface area contributed by atoms with E-state index in [1.54, 1.807) is 30.3 Å². The summed E-state index contributed by atoms with van der Waals surface area (Å²) in [5.41, 5.74) is 4.55. The van der Waals surface area contributed by atoms with Gasteiger partial charge in [-0.25, -0.2) is 5.43 Å². The Balaban J connectivity index is 1.71. The number of hydrogen-bond acceptors (Lipinski definition) is 6. The van der Waals surface area contributed by atoms with Crippen molar-refractivity contribution in [2.24, 2.45) is 5.10 Å². The predicted molar refractivity (Wildman–Crippen MR) is 145 cm³/mol. The summed E-state index contributed by atoms with van der Waals surface area (Å²) in [7, 11) is 0. The summed E-state index contributed by atoms with van der Waals surface area (Å²) in [6.45, 7) is 7.34. The molecule has 1 N–H and O–H groups in total. The lowest BCUT2D eigenvalue weighted by Crippen LogP contribution is -2.17. The van der Waals surface area contributed by atoms with Crippen LogP contribution in [-0.2, 0) is 6.61 Å². The second-order valence-electron chi connectivity index (χ2n) is 7.40. The van der Waals surface area contributed by atoms with Gasteiger partial charge in [0.25, 0.3) is 5.91 Å². The fraction of sp³-hybridized carbons (Fsp3) is 0.259. The Hall–Kier alpha value is -3.23. The number of nitrogens with zero attached hydrogens (tertiary/aromatic N) is 1. The third kappa shape index (κ3) is 7.63. The first-order chi connectivity index (χ1) is 17.4. The van der Waals surface area contributed by atoms with Gasteiger partial charge in [-0.15, -0.1) is 0 Å². The van der Waals surface area contributed by atoms with Crippen LogP contribution in [0.25, 0.3) is 0 Å². The summed E-state index contributed by atoms with van der Waals surface area (Å²) in [5.74, 6) is 1.63. The van der Waals surface area contributed by atoms with Gasteiger partial charge in [0, 0.05) is 10.0 Å². The maximum Gasteiger partial charge on any atom is 0.271 e. The number of rotatable bonds is 12. The van der Waals surface area contributed by atoms with E-state index in [-0.39, 0.29) is 5.91 Å². The van der Waals surface area contributed by atoms with Crippen molar-refractivity contribution in [3.8, 4) is 23.0 Å². The lowest BCUT2D eigenvalue weighted by atomic mass is 10.2. The Morgan fingerprint density at radius 1 is 0.889 bits per heavy atom. The first-order valence-electron chi connectivity index (χ1n) is 11.5. The van der Waals surface area contributed by atoms with Gasteiger partial charge >= 0.3 is 0 Å². The Bertz CT molecular complexity index is 1200. The van der Waals surface area contributed by atoms with E-state index < -0.39 is 0 Å². The van der Waals surface area contributed by atoms with Gasteiger partial charge in [-0.2, -0.15) is 5.10 Å². The topological polar surface area (TPSA) is 78.4 Å². The molecule has 0 saturated heterocycles. The van der Waals surface area contributed by atoms with Crippen LogP contribution in [-0.4, -0.2) is 31.9 Å². The zero-order valence-electron chi connectivity index (χ0n) is 20.3.